The summed E-state index contributed by atoms with van der Waals surface area (Å²) in [6, 6.07) is 23.4. The van der Waals surface area contributed by atoms with Gasteiger partial charge in [-0.2, -0.15) is 0 Å². The van der Waals surface area contributed by atoms with E-state index in [-0.39, 0.29) is 5.91 Å². The molecule has 0 radical (unpaired) electrons. The summed E-state index contributed by atoms with van der Waals surface area (Å²) in [6.07, 6.45) is 0. The molecule has 0 N–H and O–H groups in total. The minimum atomic E-state index is 0.0777. The summed E-state index contributed by atoms with van der Waals surface area (Å²) in [6.45, 7) is 4.73. The van der Waals surface area contributed by atoms with E-state index in [1.807, 2.05) is 84.6 Å². The Balaban J connectivity index is 1.43. The van der Waals surface area contributed by atoms with E-state index >= 15 is 0 Å². The molecule has 0 bridgehead atoms. The number of fused-ring (bicyclic) bond motifs is 1. The fourth-order valence-corrected chi connectivity index (χ4v) is 4.21. The molecule has 1 saturated heterocycles. The molecular weight excluding hydrogens is 420 g/mol. The standard InChI is InChI=1S/C26H23ClN4O/c1-18-7-9-20(10-8-18)26(32)31-15-13-30(14-16-31)25-22-12-11-21(27)17-23(22)28-24(29-25)19-5-3-2-4-6-19/h2-12,17H,13-16H2,1H3. The van der Waals surface area contributed by atoms with E-state index in [1.165, 1.54) is 0 Å². The second kappa shape index (κ2) is 8.60. The van der Waals surface area contributed by atoms with Crippen LogP contribution in [0.5, 0.6) is 0 Å². The number of nitrogens with zero attached hydrogens (tertiary/aromatic N) is 4. The van der Waals surface area contributed by atoms with Gasteiger partial charge in [0.05, 0.1) is 5.52 Å². The number of hydrogen-bond donors (Lipinski definition) is 0. The molecule has 0 saturated carbocycles. The van der Waals surface area contributed by atoms with Crippen LogP contribution in [0, 0.1) is 6.92 Å². The minimum absolute atomic E-state index is 0.0777. The van der Waals surface area contributed by atoms with Crippen LogP contribution in [0.3, 0.4) is 0 Å². The van der Waals surface area contributed by atoms with Crippen molar-refractivity contribution < 1.29 is 4.79 Å². The van der Waals surface area contributed by atoms with Gasteiger partial charge in [-0.05, 0) is 37.3 Å². The Morgan fingerprint density at radius 3 is 2.31 bits per heavy atom. The van der Waals surface area contributed by atoms with Gasteiger partial charge >= 0.3 is 0 Å². The lowest BCUT2D eigenvalue weighted by Crippen LogP contribution is -2.49. The van der Waals surface area contributed by atoms with Gasteiger partial charge < -0.3 is 9.80 Å². The van der Waals surface area contributed by atoms with Gasteiger partial charge in [0.15, 0.2) is 5.82 Å². The highest BCUT2D eigenvalue weighted by atomic mass is 35.5. The summed E-state index contributed by atoms with van der Waals surface area (Å²) < 4.78 is 0. The molecule has 0 atom stereocenters. The van der Waals surface area contributed by atoms with Crippen LogP contribution in [-0.2, 0) is 0 Å². The number of carbonyl (C=O) groups excluding carboxylic acids is 1. The molecule has 6 heteroatoms. The Bertz CT molecular complexity index is 1270. The van der Waals surface area contributed by atoms with Crippen molar-refractivity contribution in [3.63, 3.8) is 0 Å². The number of amides is 1. The van der Waals surface area contributed by atoms with Gasteiger partial charge in [0.2, 0.25) is 0 Å². The molecule has 1 fully saturated rings. The first-order valence-corrected chi connectivity index (χ1v) is 11.1. The highest BCUT2D eigenvalue weighted by molar-refractivity contribution is 6.31. The molecule has 2 heterocycles. The summed E-state index contributed by atoms with van der Waals surface area (Å²) in [5.74, 6) is 1.63. The van der Waals surface area contributed by atoms with Gasteiger partial charge in [0, 0.05) is 47.7 Å². The van der Waals surface area contributed by atoms with Gasteiger partial charge in [0.1, 0.15) is 5.82 Å². The van der Waals surface area contributed by atoms with Gasteiger partial charge in [0.25, 0.3) is 5.91 Å². The maximum absolute atomic E-state index is 12.9. The van der Waals surface area contributed by atoms with Crippen molar-refractivity contribution >= 4 is 34.2 Å². The molecule has 0 unspecified atom stereocenters. The number of anilines is 1. The summed E-state index contributed by atoms with van der Waals surface area (Å²) in [5, 5.41) is 1.61. The van der Waals surface area contributed by atoms with E-state index < -0.39 is 0 Å². The van der Waals surface area contributed by atoms with Crippen molar-refractivity contribution in [2.45, 2.75) is 6.92 Å². The third kappa shape index (κ3) is 4.04. The number of hydrogen-bond acceptors (Lipinski definition) is 4. The summed E-state index contributed by atoms with van der Waals surface area (Å²) in [4.78, 5) is 26.8. The molecule has 160 valence electrons. The molecule has 5 rings (SSSR count). The van der Waals surface area contributed by atoms with E-state index in [0.29, 0.717) is 37.0 Å². The molecule has 0 aliphatic carbocycles. The number of piperazine rings is 1. The number of aryl methyl sites for hydroxylation is 1. The highest BCUT2D eigenvalue weighted by Crippen LogP contribution is 2.30. The molecule has 4 aromatic rings. The smallest absolute Gasteiger partial charge is 0.253 e. The molecule has 1 aliphatic rings. The van der Waals surface area contributed by atoms with Crippen molar-refractivity contribution in [2.75, 3.05) is 31.1 Å². The zero-order chi connectivity index (χ0) is 22.1. The van der Waals surface area contributed by atoms with Crippen LogP contribution in [0.2, 0.25) is 5.02 Å². The topological polar surface area (TPSA) is 49.3 Å². The summed E-state index contributed by atoms with van der Waals surface area (Å²) in [7, 11) is 0. The average Bonchev–Trinajstić information content (AvgIpc) is 2.84. The van der Waals surface area contributed by atoms with Crippen molar-refractivity contribution in [1.29, 1.82) is 0 Å². The van der Waals surface area contributed by atoms with Crippen molar-refractivity contribution in [3.8, 4) is 11.4 Å². The Labute approximate surface area is 192 Å². The van der Waals surface area contributed by atoms with E-state index in [9.17, 15) is 4.79 Å². The van der Waals surface area contributed by atoms with Crippen LogP contribution in [0.15, 0.2) is 72.8 Å². The molecular formula is C26H23ClN4O. The molecule has 3 aromatic carbocycles. The number of aromatic nitrogens is 2. The van der Waals surface area contributed by atoms with Gasteiger partial charge in [-0.25, -0.2) is 9.97 Å². The maximum atomic E-state index is 12.9. The zero-order valence-electron chi connectivity index (χ0n) is 17.8. The quantitative estimate of drug-likeness (QED) is 0.436. The van der Waals surface area contributed by atoms with Crippen LogP contribution in [0.1, 0.15) is 15.9 Å². The first kappa shape index (κ1) is 20.5. The summed E-state index contributed by atoms with van der Waals surface area (Å²) in [5.41, 5.74) is 3.66. The van der Waals surface area contributed by atoms with Gasteiger partial charge in [-0.1, -0.05) is 59.6 Å². The lowest BCUT2D eigenvalue weighted by Gasteiger charge is -2.36. The summed E-state index contributed by atoms with van der Waals surface area (Å²) >= 11 is 6.26. The van der Waals surface area contributed by atoms with Gasteiger partial charge in [-0.3, -0.25) is 4.79 Å². The highest BCUT2D eigenvalue weighted by Gasteiger charge is 2.24. The van der Waals surface area contributed by atoms with E-state index in [2.05, 4.69) is 4.90 Å². The van der Waals surface area contributed by atoms with Crippen LogP contribution >= 0.6 is 11.6 Å². The Morgan fingerprint density at radius 2 is 1.59 bits per heavy atom. The fourth-order valence-electron chi connectivity index (χ4n) is 4.04. The second-order valence-corrected chi connectivity index (χ2v) is 8.48. The van der Waals surface area contributed by atoms with Crippen molar-refractivity contribution in [3.05, 3.63) is 88.9 Å². The normalized spacial score (nSPS) is 14.1. The molecule has 1 aromatic heterocycles. The number of benzene rings is 3. The lowest BCUT2D eigenvalue weighted by molar-refractivity contribution is 0.0746. The fraction of sp³-hybridized carbons (Fsp3) is 0.192. The first-order valence-electron chi connectivity index (χ1n) is 10.7. The monoisotopic (exact) mass is 442 g/mol. The lowest BCUT2D eigenvalue weighted by atomic mass is 10.1. The largest absolute Gasteiger partial charge is 0.352 e. The van der Waals surface area contributed by atoms with Crippen molar-refractivity contribution in [1.82, 2.24) is 14.9 Å². The van der Waals surface area contributed by atoms with E-state index in [4.69, 9.17) is 21.6 Å². The minimum Gasteiger partial charge on any atom is -0.352 e. The molecule has 5 nitrogen and oxygen atoms in total. The molecule has 32 heavy (non-hydrogen) atoms. The van der Waals surface area contributed by atoms with Crippen LogP contribution in [-0.4, -0.2) is 47.0 Å². The second-order valence-electron chi connectivity index (χ2n) is 8.04. The Kier molecular flexibility index (Phi) is 5.50. The van der Waals surface area contributed by atoms with Gasteiger partial charge in [-0.15, -0.1) is 0 Å². The average molecular weight is 443 g/mol. The Hall–Kier alpha value is -3.44. The van der Waals surface area contributed by atoms with Crippen LogP contribution in [0.25, 0.3) is 22.3 Å². The predicted molar refractivity (Wildman–Crippen MR) is 129 cm³/mol. The zero-order valence-corrected chi connectivity index (χ0v) is 18.6. The van der Waals surface area contributed by atoms with E-state index in [1.54, 1.807) is 0 Å². The number of rotatable bonds is 3. The Morgan fingerprint density at radius 1 is 0.875 bits per heavy atom. The first-order chi connectivity index (χ1) is 15.6. The van der Waals surface area contributed by atoms with Crippen molar-refractivity contribution in [2.24, 2.45) is 0 Å². The third-order valence-electron chi connectivity index (χ3n) is 5.84. The number of carbonyl (C=O) groups is 1. The van der Waals surface area contributed by atoms with E-state index in [0.717, 1.165) is 33.4 Å². The molecule has 0 spiro atoms. The van der Waals surface area contributed by atoms with Crippen LogP contribution < -0.4 is 4.90 Å². The predicted octanol–water partition coefficient (Wildman–Crippen LogP) is 5.22. The third-order valence-corrected chi connectivity index (χ3v) is 6.07. The molecule has 1 aliphatic heterocycles. The van der Waals surface area contributed by atoms with Crippen LogP contribution in [0.4, 0.5) is 5.82 Å². The SMILES string of the molecule is Cc1ccc(C(=O)N2CCN(c3nc(-c4ccccc4)nc4cc(Cl)ccc34)CC2)cc1. The molecule has 1 amide bonds. The maximum Gasteiger partial charge on any atom is 0.253 e. The number of halogens is 1.